The van der Waals surface area contributed by atoms with E-state index in [1.807, 2.05) is 0 Å². The van der Waals surface area contributed by atoms with Crippen molar-refractivity contribution in [2.24, 2.45) is 10.2 Å². The van der Waals surface area contributed by atoms with E-state index in [4.69, 9.17) is 11.6 Å². The summed E-state index contributed by atoms with van der Waals surface area (Å²) in [5.74, 6) is -0.243. The summed E-state index contributed by atoms with van der Waals surface area (Å²) in [4.78, 5) is 20.8. The molecular formula is C13H8ClN3O4. The fourth-order valence-electron chi connectivity index (χ4n) is 1.53. The van der Waals surface area contributed by atoms with Crippen molar-refractivity contribution in [3.63, 3.8) is 0 Å². The van der Waals surface area contributed by atoms with Gasteiger partial charge in [-0.1, -0.05) is 11.6 Å². The van der Waals surface area contributed by atoms with Crippen LogP contribution in [0.1, 0.15) is 10.4 Å². The molecule has 0 spiro atoms. The Morgan fingerprint density at radius 2 is 1.95 bits per heavy atom. The molecule has 7 nitrogen and oxygen atoms in total. The molecule has 0 saturated carbocycles. The molecule has 0 aliphatic carbocycles. The van der Waals surface area contributed by atoms with Gasteiger partial charge < -0.3 is 5.11 Å². The Morgan fingerprint density at radius 1 is 1.19 bits per heavy atom. The van der Waals surface area contributed by atoms with Gasteiger partial charge in [-0.25, -0.2) is 0 Å². The molecular weight excluding hydrogens is 298 g/mol. The van der Waals surface area contributed by atoms with E-state index in [-0.39, 0.29) is 33.4 Å². The first kappa shape index (κ1) is 14.6. The Kier molecular flexibility index (Phi) is 4.24. The van der Waals surface area contributed by atoms with E-state index in [2.05, 4.69) is 10.2 Å². The number of phenols is 1. The number of nitro groups is 1. The molecule has 0 unspecified atom stereocenters. The second-order valence-corrected chi connectivity index (χ2v) is 4.39. The topological polar surface area (TPSA) is 105 Å². The Hall–Kier alpha value is -2.80. The molecule has 21 heavy (non-hydrogen) atoms. The summed E-state index contributed by atoms with van der Waals surface area (Å²) >= 11 is 5.69. The van der Waals surface area contributed by atoms with Crippen molar-refractivity contribution in [1.82, 2.24) is 0 Å². The number of aldehydes is 1. The molecule has 8 heteroatoms. The second-order valence-electron chi connectivity index (χ2n) is 3.95. The average Bonchev–Trinajstić information content (AvgIpc) is 2.46. The SMILES string of the molecule is O=Cc1ccc(N=Nc2ccc(Cl)cc2[N+](=O)[O-])cc1O. The zero-order valence-corrected chi connectivity index (χ0v) is 11.2. The number of rotatable bonds is 4. The van der Waals surface area contributed by atoms with Crippen LogP contribution in [0.2, 0.25) is 5.02 Å². The van der Waals surface area contributed by atoms with Crippen LogP contribution >= 0.6 is 11.6 Å². The molecule has 0 amide bonds. The number of halogens is 1. The summed E-state index contributed by atoms with van der Waals surface area (Å²) < 4.78 is 0. The number of aromatic hydroxyl groups is 1. The summed E-state index contributed by atoms with van der Waals surface area (Å²) in [6.07, 6.45) is 0.500. The van der Waals surface area contributed by atoms with Crippen molar-refractivity contribution in [1.29, 1.82) is 0 Å². The number of carbonyl (C=O) groups excluding carboxylic acids is 1. The summed E-state index contributed by atoms with van der Waals surface area (Å²) in [5.41, 5.74) is 0.122. The van der Waals surface area contributed by atoms with Crippen molar-refractivity contribution in [3.8, 4) is 5.75 Å². The molecule has 0 bridgehead atoms. The largest absolute Gasteiger partial charge is 0.507 e. The minimum absolute atomic E-state index is 0.0309. The lowest BCUT2D eigenvalue weighted by atomic mass is 10.2. The summed E-state index contributed by atoms with van der Waals surface area (Å²) in [6, 6.07) is 8.04. The highest BCUT2D eigenvalue weighted by Gasteiger charge is 2.14. The number of hydrogen-bond acceptors (Lipinski definition) is 6. The van der Waals surface area contributed by atoms with Crippen molar-refractivity contribution < 1.29 is 14.8 Å². The third kappa shape index (κ3) is 3.40. The van der Waals surface area contributed by atoms with Gasteiger partial charge in [-0.3, -0.25) is 14.9 Å². The van der Waals surface area contributed by atoms with Gasteiger partial charge in [0.15, 0.2) is 12.0 Å². The maximum Gasteiger partial charge on any atom is 0.298 e. The van der Waals surface area contributed by atoms with Gasteiger partial charge in [0.1, 0.15) is 5.75 Å². The van der Waals surface area contributed by atoms with Crippen molar-refractivity contribution in [2.75, 3.05) is 0 Å². The van der Waals surface area contributed by atoms with Crippen LogP contribution in [0.5, 0.6) is 5.75 Å². The van der Waals surface area contributed by atoms with E-state index < -0.39 is 4.92 Å². The minimum atomic E-state index is -0.618. The predicted octanol–water partition coefficient (Wildman–Crippen LogP) is 4.18. The molecule has 2 rings (SSSR count). The molecule has 0 atom stereocenters. The molecule has 1 N–H and O–H groups in total. The zero-order valence-electron chi connectivity index (χ0n) is 10.4. The van der Waals surface area contributed by atoms with Crippen LogP contribution in [0.3, 0.4) is 0 Å². The number of hydrogen-bond donors (Lipinski definition) is 1. The van der Waals surface area contributed by atoms with Gasteiger partial charge in [0.05, 0.1) is 16.2 Å². The third-order valence-corrected chi connectivity index (χ3v) is 2.78. The van der Waals surface area contributed by atoms with Crippen LogP contribution in [0.15, 0.2) is 46.6 Å². The number of azo groups is 1. The third-order valence-electron chi connectivity index (χ3n) is 2.55. The molecule has 0 aliphatic heterocycles. The molecule has 0 fully saturated rings. The molecule has 0 radical (unpaired) electrons. The number of nitrogens with zero attached hydrogens (tertiary/aromatic N) is 3. The van der Waals surface area contributed by atoms with Gasteiger partial charge in [0.2, 0.25) is 0 Å². The quantitative estimate of drug-likeness (QED) is 0.396. The lowest BCUT2D eigenvalue weighted by Gasteiger charge is -1.99. The highest BCUT2D eigenvalue weighted by molar-refractivity contribution is 6.30. The number of benzene rings is 2. The molecule has 106 valence electrons. The van der Waals surface area contributed by atoms with Crippen LogP contribution in [-0.4, -0.2) is 16.3 Å². The van der Waals surface area contributed by atoms with E-state index in [1.54, 1.807) is 0 Å². The minimum Gasteiger partial charge on any atom is -0.507 e. The van der Waals surface area contributed by atoms with Crippen molar-refractivity contribution in [3.05, 3.63) is 57.1 Å². The van der Waals surface area contributed by atoms with Gasteiger partial charge in [0.25, 0.3) is 5.69 Å². The monoisotopic (exact) mass is 305 g/mol. The van der Waals surface area contributed by atoms with Gasteiger partial charge in [-0.15, -0.1) is 5.11 Å². The lowest BCUT2D eigenvalue weighted by Crippen LogP contribution is -1.87. The first-order valence-electron chi connectivity index (χ1n) is 5.65. The van der Waals surface area contributed by atoms with Gasteiger partial charge in [0, 0.05) is 17.2 Å². The Bertz CT molecular complexity index is 746. The van der Waals surface area contributed by atoms with Crippen LogP contribution < -0.4 is 0 Å². The number of nitro benzene ring substituents is 1. The highest BCUT2D eigenvalue weighted by atomic mass is 35.5. The molecule has 0 saturated heterocycles. The summed E-state index contributed by atoms with van der Waals surface area (Å²) in [7, 11) is 0. The molecule has 0 heterocycles. The Labute approximate surface area is 123 Å². The van der Waals surface area contributed by atoms with E-state index in [1.165, 1.54) is 36.4 Å². The first-order valence-corrected chi connectivity index (χ1v) is 6.03. The fraction of sp³-hybridized carbons (Fsp3) is 0. The number of phenolic OH excluding ortho intramolecular Hbond substituents is 1. The standard InChI is InChI=1S/C13H8ClN3O4/c14-9-2-4-11(12(5-9)17(20)21)16-15-10-3-1-8(7-18)13(19)6-10/h1-7,19H. The van der Waals surface area contributed by atoms with E-state index in [9.17, 15) is 20.0 Å². The predicted molar refractivity (Wildman–Crippen MR) is 75.8 cm³/mol. The number of carbonyl (C=O) groups is 1. The van der Waals surface area contributed by atoms with Crippen LogP contribution in [-0.2, 0) is 0 Å². The first-order chi connectivity index (χ1) is 10.0. The zero-order chi connectivity index (χ0) is 15.4. The maximum absolute atomic E-state index is 10.9. The lowest BCUT2D eigenvalue weighted by molar-refractivity contribution is -0.384. The van der Waals surface area contributed by atoms with Gasteiger partial charge >= 0.3 is 0 Å². The van der Waals surface area contributed by atoms with Gasteiger partial charge in [-0.05, 0) is 24.3 Å². The summed E-state index contributed by atoms with van der Waals surface area (Å²) in [5, 5.41) is 28.2. The van der Waals surface area contributed by atoms with E-state index in [0.717, 1.165) is 0 Å². The van der Waals surface area contributed by atoms with Crippen molar-refractivity contribution in [2.45, 2.75) is 0 Å². The Morgan fingerprint density at radius 3 is 2.57 bits per heavy atom. The van der Waals surface area contributed by atoms with E-state index >= 15 is 0 Å². The van der Waals surface area contributed by atoms with Crippen LogP contribution in [0, 0.1) is 10.1 Å². The average molecular weight is 306 g/mol. The second kappa shape index (κ2) is 6.10. The highest BCUT2D eigenvalue weighted by Crippen LogP contribution is 2.32. The fourth-order valence-corrected chi connectivity index (χ4v) is 1.70. The summed E-state index contributed by atoms with van der Waals surface area (Å²) in [6.45, 7) is 0. The normalized spacial score (nSPS) is 10.7. The Balaban J connectivity index is 2.35. The van der Waals surface area contributed by atoms with Crippen molar-refractivity contribution >= 4 is 34.9 Å². The van der Waals surface area contributed by atoms with Crippen LogP contribution in [0.25, 0.3) is 0 Å². The molecule has 2 aromatic rings. The maximum atomic E-state index is 10.9. The molecule has 0 aliphatic rings. The van der Waals surface area contributed by atoms with Crippen LogP contribution in [0.4, 0.5) is 17.1 Å². The molecule has 0 aromatic heterocycles. The molecule has 2 aromatic carbocycles. The van der Waals surface area contributed by atoms with Gasteiger partial charge in [-0.2, -0.15) is 5.11 Å². The van der Waals surface area contributed by atoms with E-state index in [0.29, 0.717) is 6.29 Å². The smallest absolute Gasteiger partial charge is 0.298 e.